The van der Waals surface area contributed by atoms with Crippen molar-refractivity contribution in [1.29, 1.82) is 0 Å². The molecular weight excluding hydrogens is 344 g/mol. The zero-order chi connectivity index (χ0) is 19.3. The number of sulfonamides is 1. The molecule has 0 saturated carbocycles. The molecular formula is C21H36N2O2S. The zero-order valence-electron chi connectivity index (χ0n) is 16.8. The second-order valence-electron chi connectivity index (χ2n) is 6.80. The lowest BCUT2D eigenvalue weighted by molar-refractivity contribution is 0.389. The first-order valence-corrected chi connectivity index (χ1v) is 11.6. The van der Waals surface area contributed by atoms with Gasteiger partial charge in [0.05, 0.1) is 4.90 Å². The molecule has 26 heavy (non-hydrogen) atoms. The number of benzene rings is 1. The van der Waals surface area contributed by atoms with Gasteiger partial charge in [0, 0.05) is 19.5 Å². The highest BCUT2D eigenvalue weighted by Crippen LogP contribution is 2.16. The van der Waals surface area contributed by atoms with E-state index in [1.807, 2.05) is 6.07 Å². The standard InChI is InChI=1S/C21H36N2O2S/c1-4-7-10-14-17-21(23(18-8-5-2)19-9-6-3)22-26(24,25)20-15-12-11-13-16-20/h11-13,15-16H,4-10,14,17-19H2,1-3H3. The molecule has 0 aromatic heterocycles. The van der Waals surface area contributed by atoms with Gasteiger partial charge in [0.2, 0.25) is 0 Å². The Balaban J connectivity index is 3.06. The first kappa shape index (κ1) is 22.7. The topological polar surface area (TPSA) is 49.7 Å². The maximum Gasteiger partial charge on any atom is 0.283 e. The highest BCUT2D eigenvalue weighted by Gasteiger charge is 2.18. The zero-order valence-corrected chi connectivity index (χ0v) is 17.6. The van der Waals surface area contributed by atoms with Gasteiger partial charge in [-0.05, 0) is 31.4 Å². The summed E-state index contributed by atoms with van der Waals surface area (Å²) in [6.07, 6.45) is 9.51. The van der Waals surface area contributed by atoms with Crippen LogP contribution in [0.15, 0.2) is 39.6 Å². The molecule has 0 aliphatic carbocycles. The first-order valence-electron chi connectivity index (χ1n) is 10.2. The van der Waals surface area contributed by atoms with Gasteiger partial charge in [-0.25, -0.2) is 0 Å². The molecule has 0 bridgehead atoms. The molecule has 0 amide bonds. The van der Waals surface area contributed by atoms with E-state index in [0.29, 0.717) is 0 Å². The van der Waals surface area contributed by atoms with Gasteiger partial charge >= 0.3 is 0 Å². The Morgan fingerprint density at radius 1 is 0.846 bits per heavy atom. The van der Waals surface area contributed by atoms with E-state index >= 15 is 0 Å². The summed E-state index contributed by atoms with van der Waals surface area (Å²) in [4.78, 5) is 2.48. The van der Waals surface area contributed by atoms with Crippen LogP contribution < -0.4 is 0 Å². The molecule has 1 rings (SSSR count). The largest absolute Gasteiger partial charge is 0.359 e. The molecule has 0 N–H and O–H groups in total. The molecule has 0 heterocycles. The average Bonchev–Trinajstić information content (AvgIpc) is 2.65. The molecule has 0 aliphatic heterocycles. The molecule has 0 radical (unpaired) electrons. The molecule has 0 unspecified atom stereocenters. The summed E-state index contributed by atoms with van der Waals surface area (Å²) in [6.45, 7) is 8.28. The van der Waals surface area contributed by atoms with Gasteiger partial charge in [-0.3, -0.25) is 0 Å². The van der Waals surface area contributed by atoms with E-state index in [9.17, 15) is 8.42 Å². The lowest BCUT2D eigenvalue weighted by Gasteiger charge is -2.26. The number of hydrogen-bond donors (Lipinski definition) is 0. The minimum atomic E-state index is -3.65. The summed E-state index contributed by atoms with van der Waals surface area (Å²) in [7, 11) is -3.65. The Hall–Kier alpha value is -1.36. The van der Waals surface area contributed by atoms with Crippen LogP contribution in [0.2, 0.25) is 0 Å². The second-order valence-corrected chi connectivity index (χ2v) is 8.40. The van der Waals surface area contributed by atoms with E-state index in [4.69, 9.17) is 0 Å². The summed E-state index contributed by atoms with van der Waals surface area (Å²) < 4.78 is 29.8. The van der Waals surface area contributed by atoms with Crippen molar-refractivity contribution in [3.8, 4) is 0 Å². The molecule has 1 aromatic rings. The van der Waals surface area contributed by atoms with Crippen molar-refractivity contribution in [3.05, 3.63) is 30.3 Å². The fraction of sp³-hybridized carbons (Fsp3) is 0.667. The van der Waals surface area contributed by atoms with Crippen molar-refractivity contribution in [3.63, 3.8) is 0 Å². The molecule has 148 valence electrons. The normalized spacial score (nSPS) is 12.3. The van der Waals surface area contributed by atoms with Gasteiger partial charge in [-0.1, -0.05) is 71.1 Å². The Labute approximate surface area is 160 Å². The van der Waals surface area contributed by atoms with Gasteiger partial charge in [-0.15, -0.1) is 4.40 Å². The maximum absolute atomic E-state index is 12.8. The van der Waals surface area contributed by atoms with Gasteiger partial charge in [0.1, 0.15) is 5.84 Å². The predicted molar refractivity (Wildman–Crippen MR) is 111 cm³/mol. The minimum absolute atomic E-state index is 0.275. The SMILES string of the molecule is CCCCCCC(=NS(=O)(=O)c1ccccc1)N(CCCC)CCCC. The third kappa shape index (κ3) is 8.35. The molecule has 0 spiro atoms. The fourth-order valence-corrected chi connectivity index (χ4v) is 3.91. The molecule has 0 aliphatic rings. The summed E-state index contributed by atoms with van der Waals surface area (Å²) in [6, 6.07) is 8.56. The lowest BCUT2D eigenvalue weighted by atomic mass is 10.1. The molecule has 4 nitrogen and oxygen atoms in total. The quantitative estimate of drug-likeness (QED) is 0.252. The van der Waals surface area contributed by atoms with Gasteiger partial charge in [0.25, 0.3) is 10.0 Å². The minimum Gasteiger partial charge on any atom is -0.359 e. The molecule has 1 aromatic carbocycles. The van der Waals surface area contributed by atoms with Crippen molar-refractivity contribution in [2.75, 3.05) is 13.1 Å². The summed E-state index contributed by atoms with van der Waals surface area (Å²) in [5.41, 5.74) is 0. The van der Waals surface area contributed by atoms with Crippen LogP contribution >= 0.6 is 0 Å². The van der Waals surface area contributed by atoms with E-state index < -0.39 is 10.0 Å². The number of unbranched alkanes of at least 4 members (excludes halogenated alkanes) is 5. The monoisotopic (exact) mass is 380 g/mol. The third-order valence-electron chi connectivity index (χ3n) is 4.45. The van der Waals surface area contributed by atoms with Crippen LogP contribution in [0.4, 0.5) is 0 Å². The maximum atomic E-state index is 12.8. The van der Waals surface area contributed by atoms with Crippen molar-refractivity contribution in [2.45, 2.75) is 83.5 Å². The Kier molecular flexibility index (Phi) is 11.3. The lowest BCUT2D eigenvalue weighted by Crippen LogP contribution is -2.33. The highest BCUT2D eigenvalue weighted by molar-refractivity contribution is 7.90. The number of hydrogen-bond acceptors (Lipinski definition) is 2. The van der Waals surface area contributed by atoms with E-state index in [0.717, 1.165) is 63.9 Å². The van der Waals surface area contributed by atoms with Gasteiger partial charge in [-0.2, -0.15) is 8.42 Å². The van der Waals surface area contributed by atoms with Crippen LogP contribution in [0.5, 0.6) is 0 Å². The Morgan fingerprint density at radius 2 is 1.42 bits per heavy atom. The smallest absolute Gasteiger partial charge is 0.283 e. The van der Waals surface area contributed by atoms with Crippen LogP contribution in [0.25, 0.3) is 0 Å². The Bertz CT molecular complexity index is 604. The third-order valence-corrected chi connectivity index (χ3v) is 5.77. The van der Waals surface area contributed by atoms with Crippen molar-refractivity contribution >= 4 is 15.9 Å². The van der Waals surface area contributed by atoms with E-state index in [-0.39, 0.29) is 4.90 Å². The fourth-order valence-electron chi connectivity index (χ4n) is 2.82. The van der Waals surface area contributed by atoms with Crippen LogP contribution in [0.3, 0.4) is 0 Å². The van der Waals surface area contributed by atoms with Crippen molar-refractivity contribution < 1.29 is 8.42 Å². The van der Waals surface area contributed by atoms with Crippen LogP contribution in [0.1, 0.15) is 78.6 Å². The van der Waals surface area contributed by atoms with Gasteiger partial charge < -0.3 is 4.90 Å². The molecule has 0 saturated heterocycles. The van der Waals surface area contributed by atoms with E-state index in [1.165, 1.54) is 12.8 Å². The predicted octanol–water partition coefficient (Wildman–Crippen LogP) is 5.65. The van der Waals surface area contributed by atoms with Crippen LogP contribution in [-0.2, 0) is 10.0 Å². The van der Waals surface area contributed by atoms with E-state index in [2.05, 4.69) is 30.1 Å². The Morgan fingerprint density at radius 3 is 1.96 bits per heavy atom. The van der Waals surface area contributed by atoms with Gasteiger partial charge in [0.15, 0.2) is 0 Å². The van der Waals surface area contributed by atoms with Crippen LogP contribution in [-0.4, -0.2) is 32.2 Å². The van der Waals surface area contributed by atoms with Crippen molar-refractivity contribution in [1.82, 2.24) is 4.90 Å². The summed E-state index contributed by atoms with van der Waals surface area (Å²) in [5, 5.41) is 0. The molecule has 0 fully saturated rings. The second kappa shape index (κ2) is 12.9. The number of amidine groups is 1. The summed E-state index contributed by atoms with van der Waals surface area (Å²) >= 11 is 0. The van der Waals surface area contributed by atoms with Crippen LogP contribution in [0, 0.1) is 0 Å². The highest BCUT2D eigenvalue weighted by atomic mass is 32.2. The molecule has 0 atom stereocenters. The van der Waals surface area contributed by atoms with E-state index in [1.54, 1.807) is 24.3 Å². The number of rotatable bonds is 13. The molecule has 5 heteroatoms. The first-order chi connectivity index (χ1) is 12.5. The summed E-state index contributed by atoms with van der Waals surface area (Å²) in [5.74, 6) is 0.742. The van der Waals surface area contributed by atoms with Crippen molar-refractivity contribution in [2.24, 2.45) is 4.40 Å². The number of nitrogens with zero attached hydrogens (tertiary/aromatic N) is 2. The average molecular weight is 381 g/mol.